The van der Waals surface area contributed by atoms with Crippen molar-refractivity contribution in [2.75, 3.05) is 0 Å². The highest BCUT2D eigenvalue weighted by Crippen LogP contribution is 2.43. The summed E-state index contributed by atoms with van der Waals surface area (Å²) in [6, 6.07) is 0. The summed E-state index contributed by atoms with van der Waals surface area (Å²) in [4.78, 5) is 0. The molecule has 0 aromatic heterocycles. The molecule has 1 saturated heterocycles. The molecule has 76 valence electrons. The summed E-state index contributed by atoms with van der Waals surface area (Å²) < 4.78 is 4.59. The molecule has 0 spiro atoms. The first-order valence-corrected chi connectivity index (χ1v) is 12.9. The average molecular weight is 273 g/mol. The van der Waals surface area contributed by atoms with Crippen molar-refractivity contribution in [3.05, 3.63) is 0 Å². The molecular formula is C5H15BCl2N2SSi2. The summed E-state index contributed by atoms with van der Waals surface area (Å²) >= 11 is 14.4. The zero-order chi connectivity index (χ0) is 10.4. The zero-order valence-corrected chi connectivity index (χ0v) is 13.0. The molecule has 0 N–H and O–H groups in total. The van der Waals surface area contributed by atoms with Gasteiger partial charge in [0.25, 0.3) is 0 Å². The molecule has 1 aliphatic rings. The smallest absolute Gasteiger partial charge is 0.270 e. The van der Waals surface area contributed by atoms with Crippen LogP contribution in [0.1, 0.15) is 0 Å². The van der Waals surface area contributed by atoms with E-state index in [1.165, 1.54) is 0 Å². The molecule has 0 aliphatic carbocycles. The highest BCUT2D eigenvalue weighted by atomic mass is 35.6. The molecule has 0 atom stereocenters. The fourth-order valence-corrected chi connectivity index (χ4v) is 7.90. The molecule has 1 rings (SSSR count). The third kappa shape index (κ3) is 2.68. The fraction of sp³-hybridized carbons (Fsp3) is 1.00. The van der Waals surface area contributed by atoms with Crippen LogP contribution in [-0.2, 0) is 0 Å². The Labute approximate surface area is 96.9 Å². The van der Waals surface area contributed by atoms with Gasteiger partial charge in [0.15, 0.2) is 0 Å². The van der Waals surface area contributed by atoms with E-state index >= 15 is 0 Å². The minimum atomic E-state index is -1.67. The van der Waals surface area contributed by atoms with Crippen LogP contribution in [0.5, 0.6) is 0 Å². The summed E-state index contributed by atoms with van der Waals surface area (Å²) in [6.45, 7) is 11.1. The lowest BCUT2D eigenvalue weighted by atomic mass is 9.85. The molecular weight excluding hydrogens is 258 g/mol. The first-order chi connectivity index (χ1) is 5.64. The van der Waals surface area contributed by atoms with E-state index in [1.807, 2.05) is 0 Å². The van der Waals surface area contributed by atoms with Crippen molar-refractivity contribution in [3.63, 3.8) is 0 Å². The lowest BCUT2D eigenvalue weighted by Gasteiger charge is -2.53. The minimum Gasteiger partial charge on any atom is -0.270 e. The van der Waals surface area contributed by atoms with Gasteiger partial charge in [-0.05, 0) is 38.3 Å². The van der Waals surface area contributed by atoms with Gasteiger partial charge in [-0.3, -0.25) is 7.76 Å². The predicted molar refractivity (Wildman–Crippen MR) is 69.6 cm³/mol. The van der Waals surface area contributed by atoms with E-state index in [9.17, 15) is 0 Å². The molecule has 1 heterocycles. The number of hydrogen-bond acceptors (Lipinski definition) is 3. The Bertz CT molecular complexity index is 188. The fourth-order valence-electron chi connectivity index (χ4n) is 1.37. The Morgan fingerprint density at radius 1 is 1.00 bits per heavy atom. The molecule has 0 unspecified atom stereocenters. The second-order valence-electron chi connectivity index (χ2n) is 4.18. The number of hydrogen-bond donors (Lipinski definition) is 0. The molecule has 0 amide bonds. The monoisotopic (exact) mass is 272 g/mol. The molecule has 2 nitrogen and oxygen atoms in total. The van der Waals surface area contributed by atoms with Crippen molar-refractivity contribution in [2.24, 2.45) is 0 Å². The van der Waals surface area contributed by atoms with E-state index in [2.05, 4.69) is 40.8 Å². The number of rotatable bonds is 2. The van der Waals surface area contributed by atoms with Gasteiger partial charge in [0.2, 0.25) is 15.1 Å². The zero-order valence-electron chi connectivity index (χ0n) is 8.64. The third-order valence-corrected chi connectivity index (χ3v) is 10.6. The van der Waals surface area contributed by atoms with Crippen LogP contribution < -0.4 is 0 Å². The number of halogens is 2. The van der Waals surface area contributed by atoms with E-state index in [1.54, 1.807) is 12.1 Å². The van der Waals surface area contributed by atoms with Crippen LogP contribution in [0.3, 0.4) is 0 Å². The molecule has 0 bridgehead atoms. The first kappa shape index (κ1) is 12.4. The normalized spacial score (nSPS) is 21.9. The summed E-state index contributed by atoms with van der Waals surface area (Å²) in [7, 11) is -3.33. The Hall–Kier alpha value is 1.35. The maximum Gasteiger partial charge on any atom is 0.317 e. The van der Waals surface area contributed by atoms with Gasteiger partial charge in [-0.2, -0.15) is 0 Å². The quantitative estimate of drug-likeness (QED) is 0.433. The van der Waals surface area contributed by atoms with E-state index in [-0.39, 0.29) is 0 Å². The van der Waals surface area contributed by atoms with Gasteiger partial charge in [-0.1, -0.05) is 6.82 Å². The summed E-state index contributed by atoms with van der Waals surface area (Å²) in [5.41, 5.74) is 0. The summed E-state index contributed by atoms with van der Waals surface area (Å²) in [5, 5.41) is 0. The molecule has 0 saturated carbocycles. The van der Waals surface area contributed by atoms with E-state index in [4.69, 9.17) is 22.2 Å². The van der Waals surface area contributed by atoms with Crippen LogP contribution in [0.2, 0.25) is 33.0 Å². The SMILES string of the molecule is CB1N([Si](C)(C)Cl)SN1[Si](C)(C)Cl. The molecule has 1 aliphatic heterocycles. The highest BCUT2D eigenvalue weighted by molar-refractivity contribution is 8.03. The van der Waals surface area contributed by atoms with Gasteiger partial charge in [-0.15, -0.1) is 22.2 Å². The average Bonchev–Trinajstić information content (AvgIpc) is 1.77. The van der Waals surface area contributed by atoms with Crippen LogP contribution in [0.15, 0.2) is 0 Å². The lowest BCUT2D eigenvalue weighted by molar-refractivity contribution is 0.819. The van der Waals surface area contributed by atoms with E-state index in [0.29, 0.717) is 6.98 Å². The minimum absolute atomic E-state index is 0.406. The van der Waals surface area contributed by atoms with Gasteiger partial charge in [0.1, 0.15) is 0 Å². The van der Waals surface area contributed by atoms with Gasteiger partial charge in [0.05, 0.1) is 0 Å². The predicted octanol–water partition coefficient (Wildman–Crippen LogP) is 3.17. The van der Waals surface area contributed by atoms with Crippen molar-refractivity contribution in [1.82, 2.24) is 7.76 Å². The topological polar surface area (TPSA) is 6.48 Å². The molecule has 0 aromatic rings. The van der Waals surface area contributed by atoms with Crippen molar-refractivity contribution in [3.8, 4) is 0 Å². The number of nitrogens with zero attached hydrogens (tertiary/aromatic N) is 2. The van der Waals surface area contributed by atoms with Crippen molar-refractivity contribution in [1.29, 1.82) is 0 Å². The van der Waals surface area contributed by atoms with Crippen LogP contribution in [-0.4, -0.2) is 29.8 Å². The Balaban J connectivity index is 2.58. The largest absolute Gasteiger partial charge is 0.317 e. The Morgan fingerprint density at radius 3 is 1.46 bits per heavy atom. The molecule has 13 heavy (non-hydrogen) atoms. The summed E-state index contributed by atoms with van der Waals surface area (Å²) in [5.74, 6) is 0. The van der Waals surface area contributed by atoms with Crippen molar-refractivity contribution >= 4 is 56.4 Å². The van der Waals surface area contributed by atoms with Gasteiger partial charge >= 0.3 is 6.98 Å². The Kier molecular flexibility index (Phi) is 3.57. The third-order valence-electron chi connectivity index (χ3n) is 1.90. The van der Waals surface area contributed by atoms with Gasteiger partial charge < -0.3 is 0 Å². The second-order valence-corrected chi connectivity index (χ2v) is 17.9. The van der Waals surface area contributed by atoms with Crippen LogP contribution >= 0.6 is 34.3 Å². The molecule has 1 fully saturated rings. The van der Waals surface area contributed by atoms with Gasteiger partial charge in [-0.25, -0.2) is 0 Å². The summed E-state index contributed by atoms with van der Waals surface area (Å²) in [6.07, 6.45) is 0. The molecule has 8 heteroatoms. The van der Waals surface area contributed by atoms with Crippen LogP contribution in [0, 0.1) is 0 Å². The van der Waals surface area contributed by atoms with Crippen LogP contribution in [0.4, 0.5) is 0 Å². The van der Waals surface area contributed by atoms with Gasteiger partial charge in [0, 0.05) is 0 Å². The maximum absolute atomic E-state index is 6.33. The van der Waals surface area contributed by atoms with E-state index < -0.39 is 15.1 Å². The molecule has 0 radical (unpaired) electrons. The van der Waals surface area contributed by atoms with Crippen molar-refractivity contribution in [2.45, 2.75) is 33.0 Å². The molecule has 0 aromatic carbocycles. The lowest BCUT2D eigenvalue weighted by Crippen LogP contribution is -2.69. The second kappa shape index (κ2) is 3.73. The maximum atomic E-state index is 6.33. The standard InChI is InChI=1S/C5H15BCl2N2SSi2/c1-6-9(12(2,3)7)11-10(6)13(4,5)8/h1-5H3. The van der Waals surface area contributed by atoms with Crippen molar-refractivity contribution < 1.29 is 0 Å². The Morgan fingerprint density at radius 2 is 1.31 bits per heavy atom. The van der Waals surface area contributed by atoms with Crippen LogP contribution in [0.25, 0.3) is 0 Å². The highest BCUT2D eigenvalue weighted by Gasteiger charge is 2.52. The van der Waals surface area contributed by atoms with E-state index in [0.717, 1.165) is 0 Å². The first-order valence-electron chi connectivity index (χ1n) is 4.28.